The van der Waals surface area contributed by atoms with Gasteiger partial charge in [0.2, 0.25) is 0 Å². The SMILES string of the molecule is Cc1cc2c(cn1)Oc1ccc(Br)cc1C21COCC(N)=N1. The smallest absolute Gasteiger partial charge is 0.151 e. The molecule has 112 valence electrons. The fraction of sp³-hybridized carbons (Fsp3) is 0.250. The van der Waals surface area contributed by atoms with E-state index in [1.165, 1.54) is 0 Å². The lowest BCUT2D eigenvalue weighted by atomic mass is 9.81. The molecule has 1 aromatic carbocycles. The van der Waals surface area contributed by atoms with Gasteiger partial charge in [0.25, 0.3) is 0 Å². The third kappa shape index (κ3) is 1.94. The number of amidine groups is 1. The molecule has 2 N–H and O–H groups in total. The molecule has 4 rings (SSSR count). The Morgan fingerprint density at radius 2 is 2.05 bits per heavy atom. The summed E-state index contributed by atoms with van der Waals surface area (Å²) in [5, 5.41) is 0. The standard InChI is InChI=1S/C16H14BrN3O2/c1-9-4-11-14(6-19-9)22-13-3-2-10(17)5-12(13)16(11)8-21-7-15(18)20-16/h2-6H,7-8H2,1H3,(H2,18,20). The number of nitrogens with two attached hydrogens (primary N) is 1. The molecule has 5 nitrogen and oxygen atoms in total. The fourth-order valence-electron chi connectivity index (χ4n) is 3.02. The third-order valence-electron chi connectivity index (χ3n) is 3.95. The summed E-state index contributed by atoms with van der Waals surface area (Å²) in [4.78, 5) is 9.10. The summed E-state index contributed by atoms with van der Waals surface area (Å²) in [6.07, 6.45) is 1.73. The van der Waals surface area contributed by atoms with Gasteiger partial charge in [-0.1, -0.05) is 15.9 Å². The highest BCUT2D eigenvalue weighted by molar-refractivity contribution is 9.10. The van der Waals surface area contributed by atoms with E-state index in [0.717, 1.165) is 27.0 Å². The molecule has 6 heteroatoms. The van der Waals surface area contributed by atoms with Crippen molar-refractivity contribution in [2.75, 3.05) is 13.2 Å². The van der Waals surface area contributed by atoms with Crippen molar-refractivity contribution in [3.05, 3.63) is 51.8 Å². The molecule has 0 aliphatic carbocycles. The Hall–Kier alpha value is -1.92. The number of pyridine rings is 1. The number of hydrogen-bond donors (Lipinski definition) is 1. The van der Waals surface area contributed by atoms with E-state index in [1.54, 1.807) is 6.20 Å². The Morgan fingerprint density at radius 1 is 1.23 bits per heavy atom. The Kier molecular flexibility index (Phi) is 2.99. The van der Waals surface area contributed by atoms with Gasteiger partial charge in [0.05, 0.1) is 12.8 Å². The second kappa shape index (κ2) is 4.79. The van der Waals surface area contributed by atoms with Crippen LogP contribution in [0.15, 0.2) is 39.9 Å². The molecule has 0 fully saturated rings. The number of aromatic nitrogens is 1. The first-order valence-electron chi connectivity index (χ1n) is 6.95. The molecule has 0 radical (unpaired) electrons. The van der Waals surface area contributed by atoms with Crippen molar-refractivity contribution in [2.45, 2.75) is 12.5 Å². The lowest BCUT2D eigenvalue weighted by molar-refractivity contribution is 0.109. The highest BCUT2D eigenvalue weighted by Crippen LogP contribution is 2.50. The van der Waals surface area contributed by atoms with Crippen LogP contribution in [0.5, 0.6) is 11.5 Å². The highest BCUT2D eigenvalue weighted by Gasteiger charge is 2.45. The molecule has 3 heterocycles. The number of aryl methyl sites for hydroxylation is 1. The van der Waals surface area contributed by atoms with Gasteiger partial charge in [-0.3, -0.25) is 9.98 Å². The van der Waals surface area contributed by atoms with Crippen LogP contribution in [-0.4, -0.2) is 24.0 Å². The van der Waals surface area contributed by atoms with Crippen molar-refractivity contribution >= 4 is 21.8 Å². The van der Waals surface area contributed by atoms with Gasteiger partial charge >= 0.3 is 0 Å². The normalized spacial score (nSPS) is 22.5. The maximum absolute atomic E-state index is 6.00. The maximum atomic E-state index is 6.00. The van der Waals surface area contributed by atoms with E-state index in [9.17, 15) is 0 Å². The zero-order valence-electron chi connectivity index (χ0n) is 12.0. The van der Waals surface area contributed by atoms with Crippen LogP contribution in [0.4, 0.5) is 0 Å². The van der Waals surface area contributed by atoms with Crippen molar-refractivity contribution in [3.63, 3.8) is 0 Å². The Balaban J connectivity index is 2.05. The predicted molar refractivity (Wildman–Crippen MR) is 86.4 cm³/mol. The third-order valence-corrected chi connectivity index (χ3v) is 4.45. The first-order valence-corrected chi connectivity index (χ1v) is 7.75. The van der Waals surface area contributed by atoms with E-state index >= 15 is 0 Å². The van der Waals surface area contributed by atoms with Gasteiger partial charge in [-0.2, -0.15) is 0 Å². The van der Waals surface area contributed by atoms with E-state index in [-0.39, 0.29) is 0 Å². The summed E-state index contributed by atoms with van der Waals surface area (Å²) in [5.74, 6) is 1.94. The van der Waals surface area contributed by atoms with Crippen LogP contribution in [0.3, 0.4) is 0 Å². The van der Waals surface area contributed by atoms with Gasteiger partial charge in [0.15, 0.2) is 5.75 Å². The molecule has 1 spiro atoms. The number of fused-ring (bicyclic) bond motifs is 4. The molecule has 2 aliphatic rings. The number of aliphatic imine (C=N–C) groups is 1. The summed E-state index contributed by atoms with van der Waals surface area (Å²) < 4.78 is 12.7. The van der Waals surface area contributed by atoms with Gasteiger partial charge in [0, 0.05) is 21.3 Å². The molecule has 2 aromatic rings. The Labute approximate surface area is 136 Å². The minimum atomic E-state index is -0.678. The largest absolute Gasteiger partial charge is 0.455 e. The molecule has 0 bridgehead atoms. The minimum absolute atomic E-state index is 0.353. The Bertz CT molecular complexity index is 752. The zero-order chi connectivity index (χ0) is 15.3. The van der Waals surface area contributed by atoms with Crippen molar-refractivity contribution in [1.82, 2.24) is 4.98 Å². The van der Waals surface area contributed by atoms with E-state index < -0.39 is 5.54 Å². The predicted octanol–water partition coefficient (Wildman–Crippen LogP) is 2.89. The van der Waals surface area contributed by atoms with E-state index in [0.29, 0.717) is 24.8 Å². The summed E-state index contributed by atoms with van der Waals surface area (Å²) in [7, 11) is 0. The van der Waals surface area contributed by atoms with Crippen LogP contribution in [0.25, 0.3) is 0 Å². The quantitative estimate of drug-likeness (QED) is 0.784. The summed E-state index contributed by atoms with van der Waals surface area (Å²) >= 11 is 3.52. The molecule has 0 saturated heterocycles. The summed E-state index contributed by atoms with van der Waals surface area (Å²) in [6.45, 7) is 2.73. The average molecular weight is 360 g/mol. The van der Waals surface area contributed by atoms with Gasteiger partial charge in [-0.25, -0.2) is 0 Å². The number of rotatable bonds is 0. The van der Waals surface area contributed by atoms with E-state index in [2.05, 4.69) is 20.9 Å². The van der Waals surface area contributed by atoms with Gasteiger partial charge in [-0.05, 0) is 31.2 Å². The molecule has 22 heavy (non-hydrogen) atoms. The minimum Gasteiger partial charge on any atom is -0.455 e. The fourth-order valence-corrected chi connectivity index (χ4v) is 3.38. The number of hydrogen-bond acceptors (Lipinski definition) is 5. The van der Waals surface area contributed by atoms with Gasteiger partial charge < -0.3 is 15.2 Å². The molecular formula is C16H14BrN3O2. The first-order chi connectivity index (χ1) is 10.6. The number of nitrogens with zero attached hydrogens (tertiary/aromatic N) is 2. The van der Waals surface area contributed by atoms with E-state index in [1.807, 2.05) is 31.2 Å². The number of benzene rings is 1. The van der Waals surface area contributed by atoms with Crippen molar-refractivity contribution in [3.8, 4) is 11.5 Å². The molecular weight excluding hydrogens is 346 g/mol. The van der Waals surface area contributed by atoms with E-state index in [4.69, 9.17) is 20.2 Å². The van der Waals surface area contributed by atoms with Crippen LogP contribution in [0, 0.1) is 6.92 Å². The lowest BCUT2D eigenvalue weighted by Gasteiger charge is -2.39. The molecule has 1 atom stereocenters. The monoisotopic (exact) mass is 359 g/mol. The van der Waals surface area contributed by atoms with Crippen LogP contribution < -0.4 is 10.5 Å². The topological polar surface area (TPSA) is 69.7 Å². The van der Waals surface area contributed by atoms with Crippen molar-refractivity contribution in [2.24, 2.45) is 10.7 Å². The van der Waals surface area contributed by atoms with Crippen LogP contribution in [-0.2, 0) is 10.3 Å². The number of ether oxygens (including phenoxy) is 2. The van der Waals surface area contributed by atoms with Crippen LogP contribution >= 0.6 is 15.9 Å². The second-order valence-corrected chi connectivity index (χ2v) is 6.44. The highest BCUT2D eigenvalue weighted by atomic mass is 79.9. The Morgan fingerprint density at radius 3 is 2.86 bits per heavy atom. The lowest BCUT2D eigenvalue weighted by Crippen LogP contribution is -2.42. The summed E-state index contributed by atoms with van der Waals surface area (Å²) in [5.41, 5.74) is 8.10. The van der Waals surface area contributed by atoms with Gasteiger partial charge in [-0.15, -0.1) is 0 Å². The second-order valence-electron chi connectivity index (χ2n) is 5.52. The zero-order valence-corrected chi connectivity index (χ0v) is 13.6. The van der Waals surface area contributed by atoms with Crippen LogP contribution in [0.2, 0.25) is 0 Å². The molecule has 1 unspecified atom stereocenters. The van der Waals surface area contributed by atoms with Crippen molar-refractivity contribution in [1.29, 1.82) is 0 Å². The first kappa shape index (κ1) is 13.7. The number of halogens is 1. The molecule has 1 aromatic heterocycles. The average Bonchev–Trinajstić information content (AvgIpc) is 2.49. The molecule has 0 saturated carbocycles. The van der Waals surface area contributed by atoms with Crippen molar-refractivity contribution < 1.29 is 9.47 Å². The molecule has 2 aliphatic heterocycles. The molecule has 0 amide bonds. The maximum Gasteiger partial charge on any atom is 0.151 e. The van der Waals surface area contributed by atoms with Crippen LogP contribution in [0.1, 0.15) is 16.8 Å². The summed E-state index contributed by atoms with van der Waals surface area (Å²) in [6, 6.07) is 7.87. The van der Waals surface area contributed by atoms with Gasteiger partial charge in [0.1, 0.15) is 23.7 Å².